The Hall–Kier alpha value is -1.40. The lowest BCUT2D eigenvalue weighted by molar-refractivity contribution is -0.117. The summed E-state index contributed by atoms with van der Waals surface area (Å²) in [6.45, 7) is 8.93. The molecule has 2 nitrogen and oxygen atoms in total. The summed E-state index contributed by atoms with van der Waals surface area (Å²) < 4.78 is 13.2. The van der Waals surface area contributed by atoms with Crippen LogP contribution in [0.25, 0.3) is 0 Å². The van der Waals surface area contributed by atoms with Gasteiger partial charge in [-0.15, -0.1) is 13.2 Å². The SMILES string of the molecule is C=CCP(=O)(CC=C)[C@@H](CC(C)=O)c1ccccc1. The van der Waals surface area contributed by atoms with Crippen LogP contribution in [-0.2, 0) is 9.36 Å². The molecule has 0 saturated heterocycles. The van der Waals surface area contributed by atoms with Crippen LogP contribution in [0, 0.1) is 0 Å². The molecular weight excluding hydrogens is 255 g/mol. The minimum Gasteiger partial charge on any atom is -0.322 e. The average molecular weight is 276 g/mol. The second-order valence-electron chi connectivity index (χ2n) is 4.73. The monoisotopic (exact) mass is 276 g/mol. The molecule has 1 atom stereocenters. The number of carbonyl (C=O) groups excluding carboxylic acids is 1. The number of allylic oxidation sites excluding steroid dienone is 2. The fourth-order valence-corrected chi connectivity index (χ4v) is 5.11. The molecule has 0 aromatic heterocycles. The lowest BCUT2D eigenvalue weighted by Gasteiger charge is -2.26. The predicted octanol–water partition coefficient (Wildman–Crippen LogP) is 4.44. The molecule has 1 aromatic rings. The van der Waals surface area contributed by atoms with Gasteiger partial charge in [0.05, 0.1) is 0 Å². The van der Waals surface area contributed by atoms with Crippen molar-refractivity contribution in [1.82, 2.24) is 0 Å². The number of hydrogen-bond acceptors (Lipinski definition) is 2. The lowest BCUT2D eigenvalue weighted by atomic mass is 10.1. The van der Waals surface area contributed by atoms with E-state index in [0.717, 1.165) is 5.56 Å². The van der Waals surface area contributed by atoms with Crippen LogP contribution in [0.2, 0.25) is 0 Å². The second kappa shape index (κ2) is 7.25. The maximum absolute atomic E-state index is 13.2. The number of benzene rings is 1. The molecule has 0 spiro atoms. The second-order valence-corrected chi connectivity index (χ2v) is 7.99. The topological polar surface area (TPSA) is 34.1 Å². The highest BCUT2D eigenvalue weighted by atomic mass is 31.2. The molecular formula is C16H21O2P. The Labute approximate surface area is 115 Å². The van der Waals surface area contributed by atoms with Gasteiger partial charge in [0.15, 0.2) is 0 Å². The first kappa shape index (κ1) is 15.7. The number of ketones is 1. The van der Waals surface area contributed by atoms with Crippen LogP contribution in [0.3, 0.4) is 0 Å². The van der Waals surface area contributed by atoms with Crippen LogP contribution in [0.15, 0.2) is 55.6 Å². The molecule has 102 valence electrons. The molecule has 19 heavy (non-hydrogen) atoms. The van der Waals surface area contributed by atoms with Crippen molar-refractivity contribution >= 4 is 12.9 Å². The Bertz CT molecular complexity index is 477. The third kappa shape index (κ3) is 4.33. The highest BCUT2D eigenvalue weighted by molar-refractivity contribution is 7.64. The number of Topliss-reactive ketones (excluding diaryl/α,β-unsaturated/α-hetero) is 1. The summed E-state index contributed by atoms with van der Waals surface area (Å²) >= 11 is 0. The van der Waals surface area contributed by atoms with E-state index < -0.39 is 7.14 Å². The summed E-state index contributed by atoms with van der Waals surface area (Å²) in [5, 5.41) is 0. The molecule has 0 aliphatic rings. The summed E-state index contributed by atoms with van der Waals surface area (Å²) in [5.41, 5.74) is 0.729. The van der Waals surface area contributed by atoms with Crippen molar-refractivity contribution in [2.24, 2.45) is 0 Å². The van der Waals surface area contributed by atoms with E-state index in [1.165, 1.54) is 0 Å². The molecule has 0 saturated carbocycles. The smallest absolute Gasteiger partial charge is 0.130 e. The largest absolute Gasteiger partial charge is 0.322 e. The van der Waals surface area contributed by atoms with E-state index in [9.17, 15) is 9.36 Å². The zero-order valence-electron chi connectivity index (χ0n) is 11.4. The van der Waals surface area contributed by atoms with Gasteiger partial charge in [-0.1, -0.05) is 42.5 Å². The molecule has 1 aromatic carbocycles. The van der Waals surface area contributed by atoms with E-state index in [0.29, 0.717) is 18.7 Å². The lowest BCUT2D eigenvalue weighted by Crippen LogP contribution is -2.09. The first-order valence-corrected chi connectivity index (χ1v) is 8.52. The van der Waals surface area contributed by atoms with E-state index in [1.807, 2.05) is 30.3 Å². The zero-order valence-corrected chi connectivity index (χ0v) is 12.3. The van der Waals surface area contributed by atoms with Crippen LogP contribution >= 0.6 is 7.14 Å². The van der Waals surface area contributed by atoms with Crippen LogP contribution in [0.4, 0.5) is 0 Å². The predicted molar refractivity (Wildman–Crippen MR) is 82.2 cm³/mol. The third-order valence-electron chi connectivity index (χ3n) is 3.11. The van der Waals surface area contributed by atoms with E-state index in [1.54, 1.807) is 19.1 Å². The van der Waals surface area contributed by atoms with Gasteiger partial charge in [-0.25, -0.2) is 0 Å². The molecule has 0 heterocycles. The van der Waals surface area contributed by atoms with Gasteiger partial charge in [0.25, 0.3) is 0 Å². The van der Waals surface area contributed by atoms with Gasteiger partial charge in [0.2, 0.25) is 0 Å². The summed E-state index contributed by atoms with van der Waals surface area (Å²) in [5.74, 6) is 0.0576. The first-order valence-electron chi connectivity index (χ1n) is 6.37. The molecule has 1 rings (SSSR count). The minimum absolute atomic E-state index is 0.0576. The number of carbonyl (C=O) groups is 1. The molecule has 0 amide bonds. The molecule has 3 heteroatoms. The van der Waals surface area contributed by atoms with Gasteiger partial charge < -0.3 is 4.57 Å². The number of hydrogen-bond donors (Lipinski definition) is 0. The average Bonchev–Trinajstić information content (AvgIpc) is 2.37. The molecule has 0 aliphatic carbocycles. The summed E-state index contributed by atoms with van der Waals surface area (Å²) in [4.78, 5) is 11.5. The quantitative estimate of drug-likeness (QED) is 0.519. The van der Waals surface area contributed by atoms with Gasteiger partial charge in [0, 0.05) is 24.4 Å². The summed E-state index contributed by atoms with van der Waals surface area (Å²) in [7, 11) is -2.56. The van der Waals surface area contributed by atoms with E-state index in [2.05, 4.69) is 13.2 Å². The Balaban J connectivity index is 3.21. The Morgan fingerprint density at radius 2 is 1.74 bits per heavy atom. The van der Waals surface area contributed by atoms with Crippen molar-refractivity contribution in [2.45, 2.75) is 19.0 Å². The Morgan fingerprint density at radius 1 is 1.21 bits per heavy atom. The fraction of sp³-hybridized carbons (Fsp3) is 0.312. The first-order chi connectivity index (χ1) is 9.03. The van der Waals surface area contributed by atoms with Gasteiger partial charge in [-0.2, -0.15) is 0 Å². The van der Waals surface area contributed by atoms with Gasteiger partial charge in [-0.3, -0.25) is 4.79 Å². The molecule has 0 N–H and O–H groups in total. The van der Waals surface area contributed by atoms with Crippen LogP contribution < -0.4 is 0 Å². The number of rotatable bonds is 8. The van der Waals surface area contributed by atoms with Crippen molar-refractivity contribution in [2.75, 3.05) is 12.3 Å². The zero-order chi connectivity index (χ0) is 14.3. The molecule has 0 bridgehead atoms. The third-order valence-corrected chi connectivity index (χ3v) is 6.48. The maximum Gasteiger partial charge on any atom is 0.130 e. The normalized spacial score (nSPS) is 12.7. The van der Waals surface area contributed by atoms with E-state index in [4.69, 9.17) is 0 Å². The molecule has 0 aliphatic heterocycles. The van der Waals surface area contributed by atoms with Crippen molar-refractivity contribution in [1.29, 1.82) is 0 Å². The van der Waals surface area contributed by atoms with Gasteiger partial charge in [0.1, 0.15) is 12.9 Å². The van der Waals surface area contributed by atoms with Crippen molar-refractivity contribution in [3.05, 3.63) is 61.2 Å². The van der Waals surface area contributed by atoms with E-state index in [-0.39, 0.29) is 11.4 Å². The highest BCUT2D eigenvalue weighted by Gasteiger charge is 2.32. The van der Waals surface area contributed by atoms with Gasteiger partial charge in [-0.05, 0) is 12.5 Å². The maximum atomic E-state index is 13.2. The minimum atomic E-state index is -2.56. The van der Waals surface area contributed by atoms with Crippen LogP contribution in [-0.4, -0.2) is 18.1 Å². The molecule has 0 fully saturated rings. The fourth-order valence-electron chi connectivity index (χ4n) is 2.27. The van der Waals surface area contributed by atoms with Gasteiger partial charge >= 0.3 is 0 Å². The summed E-state index contributed by atoms with van der Waals surface area (Å²) in [6.07, 6.45) is 4.54. The highest BCUT2D eigenvalue weighted by Crippen LogP contribution is 2.60. The van der Waals surface area contributed by atoms with Crippen molar-refractivity contribution in [3.8, 4) is 0 Å². The molecule has 0 unspecified atom stereocenters. The van der Waals surface area contributed by atoms with Crippen molar-refractivity contribution in [3.63, 3.8) is 0 Å². The summed E-state index contributed by atoms with van der Waals surface area (Å²) in [6, 6.07) is 9.61. The molecule has 0 radical (unpaired) electrons. The van der Waals surface area contributed by atoms with E-state index >= 15 is 0 Å². The standard InChI is InChI=1S/C16H21O2P/c1-4-11-19(18,12-5-2)16(13-14(3)17)15-9-7-6-8-10-15/h4-10,16H,1-2,11-13H2,3H3/t16-/m0/s1. The van der Waals surface area contributed by atoms with Crippen molar-refractivity contribution < 1.29 is 9.36 Å². The van der Waals surface area contributed by atoms with Crippen LogP contribution in [0.1, 0.15) is 24.6 Å². The van der Waals surface area contributed by atoms with Crippen LogP contribution in [0.5, 0.6) is 0 Å². The Kier molecular flexibility index (Phi) is 5.98. The Morgan fingerprint density at radius 3 is 2.16 bits per heavy atom.